The molecule has 1 aliphatic rings. The lowest BCUT2D eigenvalue weighted by molar-refractivity contribution is -0.119. The summed E-state index contributed by atoms with van der Waals surface area (Å²) in [7, 11) is 1.61. The Balaban J connectivity index is 1.65. The molecule has 9 heteroatoms. The zero-order valence-electron chi connectivity index (χ0n) is 16.4. The number of hydrogen-bond acceptors (Lipinski definition) is 4. The molecule has 158 valence electrons. The Bertz CT molecular complexity index is 1180. The maximum Gasteiger partial charge on any atom is 0.317 e. The van der Waals surface area contributed by atoms with E-state index in [2.05, 4.69) is 31.6 Å². The third-order valence-electron chi connectivity index (χ3n) is 4.79. The molecule has 2 aromatic carbocycles. The number of fused-ring (bicyclic) bond motifs is 1. The lowest BCUT2D eigenvalue weighted by Crippen LogP contribution is -2.49. The van der Waals surface area contributed by atoms with Crippen molar-refractivity contribution in [2.24, 2.45) is 4.99 Å². The standard InChI is InChI=1S/C22H18BrFN4O2S/c1-28-17-9-5-3-7-15(17)19(14-6-2-4-8-16(14)24)26-20(21(28)29)27-22(30)25-12-13-10-11-18(23)31-13/h2-11,20H,12H2,1H3,(H2,25,27,30). The van der Waals surface area contributed by atoms with Crippen LogP contribution < -0.4 is 15.5 Å². The first-order chi connectivity index (χ1) is 14.9. The number of nitrogens with zero attached hydrogens (tertiary/aromatic N) is 2. The highest BCUT2D eigenvalue weighted by molar-refractivity contribution is 9.11. The summed E-state index contributed by atoms with van der Waals surface area (Å²) in [5.74, 6) is -0.882. The summed E-state index contributed by atoms with van der Waals surface area (Å²) in [6.45, 7) is 0.308. The molecule has 3 amide bonds. The van der Waals surface area contributed by atoms with E-state index < -0.39 is 23.9 Å². The van der Waals surface area contributed by atoms with Crippen molar-refractivity contribution < 1.29 is 14.0 Å². The summed E-state index contributed by atoms with van der Waals surface area (Å²) >= 11 is 4.88. The molecule has 0 radical (unpaired) electrons. The molecule has 1 aromatic heterocycles. The second-order valence-corrected chi connectivity index (χ2v) is 9.35. The van der Waals surface area contributed by atoms with Crippen LogP contribution in [0, 0.1) is 5.82 Å². The molecular weight excluding hydrogens is 483 g/mol. The number of carbonyl (C=O) groups is 2. The van der Waals surface area contributed by atoms with Gasteiger partial charge in [0.15, 0.2) is 0 Å². The minimum absolute atomic E-state index is 0.258. The molecule has 0 spiro atoms. The van der Waals surface area contributed by atoms with Gasteiger partial charge in [-0.05, 0) is 46.3 Å². The Morgan fingerprint density at radius 3 is 2.55 bits per heavy atom. The average Bonchev–Trinajstić information content (AvgIpc) is 3.16. The number of nitrogens with one attached hydrogen (secondary N) is 2. The molecule has 0 saturated carbocycles. The van der Waals surface area contributed by atoms with Gasteiger partial charge in [0.25, 0.3) is 5.91 Å². The van der Waals surface area contributed by atoms with Gasteiger partial charge in [-0.15, -0.1) is 11.3 Å². The third kappa shape index (κ3) is 4.52. The maximum absolute atomic E-state index is 14.6. The molecule has 3 aromatic rings. The second kappa shape index (κ2) is 8.99. The number of hydrogen-bond donors (Lipinski definition) is 2. The van der Waals surface area contributed by atoms with Crippen LogP contribution in [0.2, 0.25) is 0 Å². The fourth-order valence-electron chi connectivity index (χ4n) is 3.27. The van der Waals surface area contributed by atoms with E-state index in [4.69, 9.17) is 0 Å². The van der Waals surface area contributed by atoms with E-state index in [9.17, 15) is 14.0 Å². The Hall–Kier alpha value is -3.04. The van der Waals surface area contributed by atoms with Crippen LogP contribution in [0.4, 0.5) is 14.9 Å². The van der Waals surface area contributed by atoms with Gasteiger partial charge < -0.3 is 15.5 Å². The highest BCUT2D eigenvalue weighted by Crippen LogP contribution is 2.28. The number of rotatable bonds is 4. The number of benzodiazepines with no additional fused rings is 1. The molecule has 31 heavy (non-hydrogen) atoms. The van der Waals surface area contributed by atoms with Gasteiger partial charge in [0, 0.05) is 23.1 Å². The second-order valence-electron chi connectivity index (χ2n) is 6.81. The molecule has 4 rings (SSSR count). The lowest BCUT2D eigenvalue weighted by atomic mass is 10.00. The summed E-state index contributed by atoms with van der Waals surface area (Å²) in [4.78, 5) is 32.4. The van der Waals surface area contributed by atoms with Crippen molar-refractivity contribution in [2.75, 3.05) is 11.9 Å². The number of anilines is 1. The van der Waals surface area contributed by atoms with Crippen LogP contribution in [0.1, 0.15) is 16.0 Å². The molecule has 0 aliphatic carbocycles. The number of urea groups is 1. The van der Waals surface area contributed by atoms with Crippen LogP contribution in [0.5, 0.6) is 0 Å². The van der Waals surface area contributed by atoms with Gasteiger partial charge >= 0.3 is 6.03 Å². The topological polar surface area (TPSA) is 73.8 Å². The van der Waals surface area contributed by atoms with Crippen molar-refractivity contribution >= 4 is 50.6 Å². The zero-order valence-corrected chi connectivity index (χ0v) is 18.8. The van der Waals surface area contributed by atoms with Crippen LogP contribution in [0.3, 0.4) is 0 Å². The highest BCUT2D eigenvalue weighted by atomic mass is 79.9. The molecule has 0 saturated heterocycles. The summed E-state index contributed by atoms with van der Waals surface area (Å²) in [6.07, 6.45) is -1.21. The number of likely N-dealkylation sites (N-methyl/N-ethyl adjacent to an activating group) is 1. The zero-order chi connectivity index (χ0) is 22.0. The van der Waals surface area contributed by atoms with Crippen molar-refractivity contribution in [1.29, 1.82) is 0 Å². The molecular formula is C22H18BrFN4O2S. The first-order valence-electron chi connectivity index (χ1n) is 9.42. The number of benzene rings is 2. The van der Waals surface area contributed by atoms with Crippen LogP contribution in [-0.2, 0) is 11.3 Å². The third-order valence-corrected chi connectivity index (χ3v) is 6.42. The fourth-order valence-corrected chi connectivity index (χ4v) is 4.70. The predicted molar refractivity (Wildman–Crippen MR) is 123 cm³/mol. The normalized spacial score (nSPS) is 15.7. The number of amides is 3. The number of aliphatic imine (C=N–C) groups is 1. The Labute approximate surface area is 190 Å². The average molecular weight is 501 g/mol. The van der Waals surface area contributed by atoms with E-state index in [1.807, 2.05) is 12.1 Å². The van der Waals surface area contributed by atoms with E-state index in [1.165, 1.54) is 22.3 Å². The number of carbonyl (C=O) groups excluding carboxylic acids is 2. The minimum Gasteiger partial charge on any atom is -0.333 e. The Morgan fingerprint density at radius 2 is 1.84 bits per heavy atom. The van der Waals surface area contributed by atoms with Crippen molar-refractivity contribution in [3.8, 4) is 0 Å². The van der Waals surface area contributed by atoms with Crippen molar-refractivity contribution in [3.63, 3.8) is 0 Å². The van der Waals surface area contributed by atoms with E-state index in [1.54, 1.807) is 49.5 Å². The molecule has 6 nitrogen and oxygen atoms in total. The smallest absolute Gasteiger partial charge is 0.317 e. The first kappa shape index (κ1) is 21.2. The molecule has 0 bridgehead atoms. The van der Waals surface area contributed by atoms with Crippen LogP contribution >= 0.6 is 27.3 Å². The summed E-state index contributed by atoms with van der Waals surface area (Å²) < 4.78 is 15.6. The van der Waals surface area contributed by atoms with Crippen LogP contribution in [0.25, 0.3) is 0 Å². The number of thiophene rings is 1. The molecule has 1 aliphatic heterocycles. The predicted octanol–water partition coefficient (Wildman–Crippen LogP) is 4.29. The van der Waals surface area contributed by atoms with E-state index in [0.29, 0.717) is 23.5 Å². The van der Waals surface area contributed by atoms with E-state index >= 15 is 0 Å². The van der Waals surface area contributed by atoms with Gasteiger partial charge in [-0.3, -0.25) is 4.79 Å². The van der Waals surface area contributed by atoms with Gasteiger partial charge in [0.1, 0.15) is 5.82 Å². The van der Waals surface area contributed by atoms with Crippen molar-refractivity contribution in [2.45, 2.75) is 12.7 Å². The first-order valence-corrected chi connectivity index (χ1v) is 11.0. The largest absolute Gasteiger partial charge is 0.333 e. The van der Waals surface area contributed by atoms with Gasteiger partial charge in [-0.25, -0.2) is 14.2 Å². The van der Waals surface area contributed by atoms with Gasteiger partial charge in [0.05, 0.1) is 21.7 Å². The van der Waals surface area contributed by atoms with Crippen LogP contribution in [-0.4, -0.2) is 30.9 Å². The number of para-hydroxylation sites is 1. The van der Waals surface area contributed by atoms with E-state index in [0.717, 1.165) is 8.66 Å². The summed E-state index contributed by atoms with van der Waals surface area (Å²) in [5, 5.41) is 5.34. The minimum atomic E-state index is -1.21. The highest BCUT2D eigenvalue weighted by Gasteiger charge is 2.31. The quantitative estimate of drug-likeness (QED) is 0.560. The Kier molecular flexibility index (Phi) is 6.15. The summed E-state index contributed by atoms with van der Waals surface area (Å²) in [5.41, 5.74) is 1.76. The molecule has 2 N–H and O–H groups in total. The van der Waals surface area contributed by atoms with Gasteiger partial charge in [-0.2, -0.15) is 0 Å². The molecule has 1 unspecified atom stereocenters. The van der Waals surface area contributed by atoms with Crippen molar-refractivity contribution in [3.05, 3.63) is 86.3 Å². The van der Waals surface area contributed by atoms with E-state index in [-0.39, 0.29) is 5.56 Å². The van der Waals surface area contributed by atoms with Gasteiger partial charge in [0.2, 0.25) is 6.17 Å². The maximum atomic E-state index is 14.6. The SMILES string of the molecule is CN1C(=O)C(NC(=O)NCc2ccc(Br)s2)N=C(c2ccccc2F)c2ccccc21. The monoisotopic (exact) mass is 500 g/mol. The number of halogens is 2. The van der Waals surface area contributed by atoms with Gasteiger partial charge in [-0.1, -0.05) is 30.3 Å². The molecule has 1 atom stereocenters. The van der Waals surface area contributed by atoms with Crippen LogP contribution in [0.15, 0.2) is 69.4 Å². The lowest BCUT2D eigenvalue weighted by Gasteiger charge is -2.21. The Morgan fingerprint density at radius 1 is 1.13 bits per heavy atom. The molecule has 0 fully saturated rings. The molecule has 2 heterocycles. The fraction of sp³-hybridized carbons (Fsp3) is 0.136. The van der Waals surface area contributed by atoms with Crippen molar-refractivity contribution in [1.82, 2.24) is 10.6 Å². The summed E-state index contributed by atoms with van der Waals surface area (Å²) in [6, 6.07) is 16.6.